The molecule has 1 heterocycles. The average molecular weight is 402 g/mol. The summed E-state index contributed by atoms with van der Waals surface area (Å²) < 4.78 is 5.23. The van der Waals surface area contributed by atoms with E-state index in [-0.39, 0.29) is 5.92 Å². The summed E-state index contributed by atoms with van der Waals surface area (Å²) in [4.78, 5) is 14.5. The molecule has 1 aliphatic rings. The van der Waals surface area contributed by atoms with Gasteiger partial charge in [-0.1, -0.05) is 0 Å². The summed E-state index contributed by atoms with van der Waals surface area (Å²) in [6, 6.07) is 0. The number of nitrogens with zero attached hydrogens (tertiary/aromatic N) is 1. The molecular weight excluding hydrogens is 365 g/mol. The third-order valence-electron chi connectivity index (χ3n) is 5.61. The van der Waals surface area contributed by atoms with Crippen LogP contribution >= 0.6 is 0 Å². The van der Waals surface area contributed by atoms with Crippen molar-refractivity contribution in [1.82, 2.24) is 4.90 Å². The number of amides is 1. The molecular formula is C18H37NOSn. The Bertz CT molecular complexity index is 297. The van der Waals surface area contributed by atoms with Crippen molar-refractivity contribution in [3.8, 4) is 0 Å². The molecule has 21 heavy (non-hydrogen) atoms. The second kappa shape index (κ2) is 9.42. The Hall–Kier alpha value is 0.269. The number of carbonyl (C=O) groups is 1. The first-order valence-electron chi connectivity index (χ1n) is 9.29. The molecule has 0 aromatic heterocycles. The van der Waals surface area contributed by atoms with E-state index in [0.29, 0.717) is 9.96 Å². The van der Waals surface area contributed by atoms with Crippen LogP contribution in [0.25, 0.3) is 0 Å². The summed E-state index contributed by atoms with van der Waals surface area (Å²) >= 11 is -2.26. The molecule has 2 atom stereocenters. The van der Waals surface area contributed by atoms with Crippen LogP contribution < -0.4 is 0 Å². The summed E-state index contributed by atoms with van der Waals surface area (Å²) in [5, 5.41) is 0. The molecule has 1 aliphatic heterocycles. The molecule has 0 spiro atoms. The van der Waals surface area contributed by atoms with Crippen LogP contribution in [0.15, 0.2) is 0 Å². The fraction of sp³-hybridized carbons (Fsp3) is 0.944. The van der Waals surface area contributed by atoms with Gasteiger partial charge in [0.25, 0.3) is 0 Å². The molecule has 1 rings (SSSR count). The zero-order valence-corrected chi connectivity index (χ0v) is 17.9. The van der Waals surface area contributed by atoms with Crippen LogP contribution in [0.5, 0.6) is 0 Å². The van der Waals surface area contributed by atoms with E-state index in [1.807, 2.05) is 0 Å². The molecule has 2 unspecified atom stereocenters. The molecule has 3 heteroatoms. The maximum atomic E-state index is 12.3. The van der Waals surface area contributed by atoms with Crippen molar-refractivity contribution in [3.05, 3.63) is 0 Å². The van der Waals surface area contributed by atoms with Crippen LogP contribution in [-0.2, 0) is 4.79 Å². The van der Waals surface area contributed by atoms with Gasteiger partial charge < -0.3 is 0 Å². The van der Waals surface area contributed by atoms with Gasteiger partial charge in [-0.25, -0.2) is 0 Å². The SMILES string of the molecule is CCC[CH2][Sn]([CH2]CCC)([CH2]CCC)[CH]1CC(C)C(=O)N1C. The van der Waals surface area contributed by atoms with Crippen molar-refractivity contribution in [2.45, 2.75) is 90.0 Å². The van der Waals surface area contributed by atoms with Crippen molar-refractivity contribution in [3.63, 3.8) is 0 Å². The second-order valence-electron chi connectivity index (χ2n) is 7.27. The molecule has 1 amide bonds. The molecule has 0 N–H and O–H groups in total. The number of hydrogen-bond acceptors (Lipinski definition) is 1. The standard InChI is InChI=1S/C6H10NO.3C4H9.Sn/c1-5-3-4-7(2)6(5)8;3*1-3-4-2;/h4-5H,3H2,1-2H3;3*1,3-4H2,2H3;. The van der Waals surface area contributed by atoms with E-state index >= 15 is 0 Å². The van der Waals surface area contributed by atoms with Gasteiger partial charge in [0, 0.05) is 0 Å². The molecule has 0 aromatic carbocycles. The van der Waals surface area contributed by atoms with E-state index in [1.165, 1.54) is 58.3 Å². The number of likely N-dealkylation sites (tertiary alicyclic amines) is 1. The Kier molecular flexibility index (Phi) is 8.66. The zero-order chi connectivity index (χ0) is 15.9. The third kappa shape index (κ3) is 4.87. The van der Waals surface area contributed by atoms with E-state index < -0.39 is 18.4 Å². The van der Waals surface area contributed by atoms with Crippen molar-refractivity contribution in [1.29, 1.82) is 0 Å². The first-order chi connectivity index (χ1) is 10.0. The zero-order valence-electron chi connectivity index (χ0n) is 15.1. The summed E-state index contributed by atoms with van der Waals surface area (Å²) in [6.07, 6.45) is 9.32. The normalized spacial score (nSPS) is 23.1. The molecule has 0 bridgehead atoms. The van der Waals surface area contributed by atoms with Gasteiger partial charge in [0.1, 0.15) is 0 Å². The van der Waals surface area contributed by atoms with Gasteiger partial charge in [-0.15, -0.1) is 0 Å². The molecule has 0 aliphatic carbocycles. The molecule has 0 aromatic rings. The third-order valence-corrected chi connectivity index (χ3v) is 23.0. The van der Waals surface area contributed by atoms with E-state index in [2.05, 4.69) is 39.6 Å². The monoisotopic (exact) mass is 403 g/mol. The minimum absolute atomic E-state index is 0.279. The number of hydrogen-bond donors (Lipinski definition) is 0. The van der Waals surface area contributed by atoms with Crippen LogP contribution in [0.2, 0.25) is 13.3 Å². The predicted molar refractivity (Wildman–Crippen MR) is 95.2 cm³/mol. The van der Waals surface area contributed by atoms with Gasteiger partial charge in [-0.3, -0.25) is 0 Å². The van der Waals surface area contributed by atoms with Gasteiger partial charge >= 0.3 is 137 Å². The van der Waals surface area contributed by atoms with Gasteiger partial charge in [0.05, 0.1) is 0 Å². The van der Waals surface area contributed by atoms with E-state index in [4.69, 9.17) is 0 Å². The van der Waals surface area contributed by atoms with Crippen LogP contribution in [0, 0.1) is 5.92 Å². The van der Waals surface area contributed by atoms with Gasteiger partial charge in [-0.2, -0.15) is 0 Å². The van der Waals surface area contributed by atoms with Crippen LogP contribution in [-0.4, -0.2) is 40.3 Å². The van der Waals surface area contributed by atoms with Crippen molar-refractivity contribution < 1.29 is 4.79 Å². The Labute approximate surface area is 136 Å². The van der Waals surface area contributed by atoms with Crippen LogP contribution in [0.3, 0.4) is 0 Å². The van der Waals surface area contributed by atoms with E-state index in [0.717, 1.165) is 0 Å². The van der Waals surface area contributed by atoms with Gasteiger partial charge in [0.2, 0.25) is 0 Å². The second-order valence-corrected chi connectivity index (χ2v) is 21.2. The minimum atomic E-state index is -2.26. The Balaban J connectivity index is 2.97. The van der Waals surface area contributed by atoms with Crippen molar-refractivity contribution in [2.24, 2.45) is 5.92 Å². The topological polar surface area (TPSA) is 20.3 Å². The Morgan fingerprint density at radius 1 is 1.00 bits per heavy atom. The summed E-state index contributed by atoms with van der Waals surface area (Å²) in [7, 11) is 2.10. The number of carbonyl (C=O) groups excluding carboxylic acids is 1. The molecule has 1 fully saturated rings. The number of unbranched alkanes of at least 4 members (excludes halogenated alkanes) is 3. The Morgan fingerprint density at radius 2 is 1.43 bits per heavy atom. The van der Waals surface area contributed by atoms with Crippen LogP contribution in [0.4, 0.5) is 0 Å². The van der Waals surface area contributed by atoms with E-state index in [9.17, 15) is 4.79 Å². The first-order valence-corrected chi connectivity index (χ1v) is 17.0. The molecule has 0 radical (unpaired) electrons. The van der Waals surface area contributed by atoms with E-state index in [1.54, 1.807) is 0 Å². The van der Waals surface area contributed by atoms with Crippen molar-refractivity contribution >= 4 is 24.3 Å². The maximum absolute atomic E-state index is 12.3. The Morgan fingerprint density at radius 3 is 1.71 bits per heavy atom. The molecule has 1 saturated heterocycles. The predicted octanol–water partition coefficient (Wildman–Crippen LogP) is 5.24. The summed E-state index contributed by atoms with van der Waals surface area (Å²) in [6.45, 7) is 9.11. The fourth-order valence-electron chi connectivity index (χ4n) is 4.22. The molecule has 2 nitrogen and oxygen atoms in total. The fourth-order valence-corrected chi connectivity index (χ4v) is 23.4. The molecule has 124 valence electrons. The van der Waals surface area contributed by atoms with Gasteiger partial charge in [-0.05, 0) is 0 Å². The average Bonchev–Trinajstić information content (AvgIpc) is 2.75. The van der Waals surface area contributed by atoms with Crippen LogP contribution in [0.1, 0.15) is 72.6 Å². The number of rotatable bonds is 10. The van der Waals surface area contributed by atoms with Gasteiger partial charge in [0.15, 0.2) is 0 Å². The summed E-state index contributed by atoms with van der Waals surface area (Å²) in [5.74, 6) is 0.700. The molecule has 0 saturated carbocycles. The van der Waals surface area contributed by atoms with Crippen molar-refractivity contribution in [2.75, 3.05) is 7.05 Å². The quantitative estimate of drug-likeness (QED) is 0.458. The summed E-state index contributed by atoms with van der Waals surface area (Å²) in [5.41, 5.74) is 0. The first kappa shape index (κ1) is 19.3.